The lowest BCUT2D eigenvalue weighted by Crippen LogP contribution is -2.31. The molecule has 0 unspecified atom stereocenters. The van der Waals surface area contributed by atoms with Crippen LogP contribution in [0.3, 0.4) is 0 Å². The first kappa shape index (κ1) is 15.2. The number of nitrogens with one attached hydrogen (secondary N) is 1. The third-order valence-electron chi connectivity index (χ3n) is 3.05. The van der Waals surface area contributed by atoms with Gasteiger partial charge in [-0.2, -0.15) is 4.73 Å². The molecule has 0 fully saturated rings. The van der Waals surface area contributed by atoms with Gasteiger partial charge < -0.3 is 10.5 Å². The molecule has 0 spiro atoms. The first-order valence-corrected chi connectivity index (χ1v) is 6.64. The second kappa shape index (κ2) is 6.92. The molecule has 1 rings (SSSR count). The molecule has 0 aromatic carbocycles. The summed E-state index contributed by atoms with van der Waals surface area (Å²) in [4.78, 5) is 10.5. The topological polar surface area (TPSA) is 82.1 Å². The highest BCUT2D eigenvalue weighted by Gasteiger charge is 2.22. The fraction of sp³-hybridized carbons (Fsp3) is 0.615. The predicted octanol–water partition coefficient (Wildman–Crippen LogP) is 2.92. The van der Waals surface area contributed by atoms with E-state index >= 15 is 0 Å². The first-order chi connectivity index (χ1) is 8.99. The maximum Gasteiger partial charge on any atom is 0.356 e. The number of pyridine rings is 1. The van der Waals surface area contributed by atoms with Crippen LogP contribution < -0.4 is 10.0 Å². The molecule has 0 radical (unpaired) electrons. The molecular weight excluding hydrogens is 246 g/mol. The van der Waals surface area contributed by atoms with Crippen LogP contribution in [0.5, 0.6) is 0 Å². The number of rotatable bonds is 7. The largest absolute Gasteiger partial charge is 0.618 e. The van der Waals surface area contributed by atoms with E-state index in [1.165, 1.54) is 0 Å². The summed E-state index contributed by atoms with van der Waals surface area (Å²) in [6.07, 6.45) is 4.96. The Kier molecular flexibility index (Phi) is 5.54. The molecular formula is C13H21N3O3. The molecule has 1 aromatic heterocycles. The zero-order valence-electron chi connectivity index (χ0n) is 11.7. The summed E-state index contributed by atoms with van der Waals surface area (Å²) in [5.74, 6) is 0. The molecule has 0 bridgehead atoms. The molecule has 0 amide bonds. The van der Waals surface area contributed by atoms with E-state index in [2.05, 4.69) is 19.2 Å². The van der Waals surface area contributed by atoms with Crippen LogP contribution in [0.25, 0.3) is 0 Å². The first-order valence-electron chi connectivity index (χ1n) is 6.64. The molecule has 106 valence electrons. The molecule has 0 saturated heterocycles. The zero-order chi connectivity index (χ0) is 14.4. The molecule has 0 aliphatic heterocycles. The fourth-order valence-electron chi connectivity index (χ4n) is 2.10. The van der Waals surface area contributed by atoms with Crippen molar-refractivity contribution in [2.45, 2.75) is 52.5 Å². The zero-order valence-corrected chi connectivity index (χ0v) is 11.7. The molecule has 0 aliphatic carbocycles. The van der Waals surface area contributed by atoms with Crippen molar-refractivity contribution in [3.8, 4) is 0 Å². The Labute approximate surface area is 113 Å². The standard InChI is InChI=1S/C13H21N3O3/c1-4-6-11(7-5-2)14-12-8-10(3)15(17)9-13(12)16(18)19/h8-9,11,14H,4-7H2,1-3H3. The Bertz CT molecular complexity index is 443. The Morgan fingerprint density at radius 1 is 1.37 bits per heavy atom. The van der Waals surface area contributed by atoms with Gasteiger partial charge in [-0.1, -0.05) is 26.7 Å². The fourth-order valence-corrected chi connectivity index (χ4v) is 2.10. The molecule has 6 nitrogen and oxygen atoms in total. The van der Waals surface area contributed by atoms with E-state index in [9.17, 15) is 15.3 Å². The van der Waals surface area contributed by atoms with Crippen molar-refractivity contribution in [1.82, 2.24) is 0 Å². The number of aromatic nitrogens is 1. The van der Waals surface area contributed by atoms with Crippen molar-refractivity contribution in [2.75, 3.05) is 5.32 Å². The second-order valence-corrected chi connectivity index (χ2v) is 4.72. The van der Waals surface area contributed by atoms with Crippen LogP contribution >= 0.6 is 0 Å². The van der Waals surface area contributed by atoms with E-state index in [0.717, 1.165) is 31.9 Å². The summed E-state index contributed by atoms with van der Waals surface area (Å²) in [6.45, 7) is 5.80. The molecule has 0 saturated carbocycles. The average Bonchev–Trinajstić information content (AvgIpc) is 2.33. The van der Waals surface area contributed by atoms with Crippen LogP contribution in [-0.4, -0.2) is 11.0 Å². The van der Waals surface area contributed by atoms with E-state index in [-0.39, 0.29) is 11.7 Å². The third-order valence-corrected chi connectivity index (χ3v) is 3.05. The van der Waals surface area contributed by atoms with E-state index in [1.54, 1.807) is 13.0 Å². The molecule has 1 aromatic rings. The van der Waals surface area contributed by atoms with E-state index in [1.807, 2.05) is 0 Å². The van der Waals surface area contributed by atoms with Crippen molar-refractivity contribution in [3.63, 3.8) is 0 Å². The minimum atomic E-state index is -0.523. The Hall–Kier alpha value is -1.85. The van der Waals surface area contributed by atoms with Gasteiger partial charge in [0.05, 0.1) is 4.92 Å². The smallest absolute Gasteiger partial charge is 0.356 e. The monoisotopic (exact) mass is 267 g/mol. The van der Waals surface area contributed by atoms with Crippen molar-refractivity contribution in [3.05, 3.63) is 33.3 Å². The van der Waals surface area contributed by atoms with Gasteiger partial charge in [-0.15, -0.1) is 0 Å². The van der Waals surface area contributed by atoms with Crippen LogP contribution in [0.15, 0.2) is 12.3 Å². The normalized spacial score (nSPS) is 10.7. The summed E-state index contributed by atoms with van der Waals surface area (Å²) in [5, 5.41) is 25.6. The summed E-state index contributed by atoms with van der Waals surface area (Å²) in [6, 6.07) is 1.75. The maximum absolute atomic E-state index is 11.4. The lowest BCUT2D eigenvalue weighted by atomic mass is 10.1. The minimum absolute atomic E-state index is 0.169. The van der Waals surface area contributed by atoms with Gasteiger partial charge in [0.1, 0.15) is 5.69 Å². The van der Waals surface area contributed by atoms with Gasteiger partial charge in [-0.05, 0) is 12.8 Å². The average molecular weight is 267 g/mol. The molecule has 1 heterocycles. The van der Waals surface area contributed by atoms with Crippen LogP contribution in [0.1, 0.15) is 45.2 Å². The van der Waals surface area contributed by atoms with Gasteiger partial charge >= 0.3 is 5.69 Å². The lowest BCUT2D eigenvalue weighted by molar-refractivity contribution is -0.616. The van der Waals surface area contributed by atoms with Crippen LogP contribution in [0, 0.1) is 22.2 Å². The van der Waals surface area contributed by atoms with Gasteiger partial charge in [0, 0.05) is 19.0 Å². The van der Waals surface area contributed by atoms with Gasteiger partial charge in [-0.25, -0.2) is 0 Å². The van der Waals surface area contributed by atoms with Crippen LogP contribution in [-0.2, 0) is 0 Å². The SMILES string of the molecule is CCCC(CCC)Nc1cc(C)[n+]([O-])cc1[N+](=O)[O-]. The molecule has 1 N–H and O–H groups in total. The summed E-state index contributed by atoms with van der Waals surface area (Å²) in [5.41, 5.74) is 0.708. The highest BCUT2D eigenvalue weighted by molar-refractivity contribution is 5.60. The van der Waals surface area contributed by atoms with Crippen molar-refractivity contribution >= 4 is 11.4 Å². The Morgan fingerprint density at radius 3 is 2.42 bits per heavy atom. The molecule has 19 heavy (non-hydrogen) atoms. The third kappa shape index (κ3) is 4.08. The Balaban J connectivity index is 3.03. The van der Waals surface area contributed by atoms with Gasteiger partial charge in [0.25, 0.3) is 6.20 Å². The summed E-state index contributed by atoms with van der Waals surface area (Å²) >= 11 is 0. The van der Waals surface area contributed by atoms with Gasteiger partial charge in [0.15, 0.2) is 5.69 Å². The molecule has 0 aliphatic rings. The molecule has 6 heteroatoms. The van der Waals surface area contributed by atoms with Crippen LogP contribution in [0.4, 0.5) is 11.4 Å². The number of anilines is 1. The van der Waals surface area contributed by atoms with Crippen LogP contribution in [0.2, 0.25) is 0 Å². The second-order valence-electron chi connectivity index (χ2n) is 4.72. The highest BCUT2D eigenvalue weighted by atomic mass is 16.6. The van der Waals surface area contributed by atoms with Crippen molar-refractivity contribution in [1.29, 1.82) is 0 Å². The Morgan fingerprint density at radius 2 is 1.95 bits per heavy atom. The van der Waals surface area contributed by atoms with E-state index in [0.29, 0.717) is 16.1 Å². The number of nitrogens with zero attached hydrogens (tertiary/aromatic N) is 2. The lowest BCUT2D eigenvalue weighted by Gasteiger charge is -2.18. The summed E-state index contributed by atoms with van der Waals surface area (Å²) in [7, 11) is 0. The molecule has 0 atom stereocenters. The maximum atomic E-state index is 11.4. The minimum Gasteiger partial charge on any atom is -0.618 e. The van der Waals surface area contributed by atoms with Crippen molar-refractivity contribution in [2.24, 2.45) is 0 Å². The summed E-state index contributed by atoms with van der Waals surface area (Å²) < 4.78 is 0.526. The van der Waals surface area contributed by atoms with E-state index in [4.69, 9.17) is 0 Å². The van der Waals surface area contributed by atoms with Crippen molar-refractivity contribution < 1.29 is 9.65 Å². The van der Waals surface area contributed by atoms with E-state index < -0.39 is 4.92 Å². The number of hydrogen-bond donors (Lipinski definition) is 1. The number of aryl methyl sites for hydroxylation is 1. The van der Waals surface area contributed by atoms with Gasteiger partial charge in [-0.3, -0.25) is 10.1 Å². The highest BCUT2D eigenvalue weighted by Crippen LogP contribution is 2.25. The number of nitro groups is 1. The predicted molar refractivity (Wildman–Crippen MR) is 74.0 cm³/mol. The van der Waals surface area contributed by atoms with Gasteiger partial charge in [0.2, 0.25) is 0 Å². The quantitative estimate of drug-likeness (QED) is 0.356. The number of hydrogen-bond acceptors (Lipinski definition) is 4.